The molecule has 0 unspecified atom stereocenters. The SMILES string of the molecule is N#CCOc1ccccc1C1=NO[C@@](CC(=O)[O-])(C(=O)Nc2ccc(F)cc2)C1. The molecule has 1 atom stereocenters. The van der Waals surface area contributed by atoms with E-state index >= 15 is 0 Å². The highest BCUT2D eigenvalue weighted by atomic mass is 19.1. The standard InChI is InChI=1S/C20H16FN3O5/c21-13-5-7-14(8-6-13)23-19(27)20(12-18(25)26)11-16(24-29-20)15-3-1-2-4-17(15)28-10-9-22/h1-8H,10-12H2,(H,23,27)(H,25,26)/p-1/t20-/m0/s1. The minimum absolute atomic E-state index is 0.166. The van der Waals surface area contributed by atoms with E-state index < -0.39 is 29.7 Å². The van der Waals surface area contributed by atoms with Crippen molar-refractivity contribution < 1.29 is 28.7 Å². The number of carboxylic acids is 1. The van der Waals surface area contributed by atoms with Gasteiger partial charge in [0.1, 0.15) is 17.6 Å². The van der Waals surface area contributed by atoms with Crippen molar-refractivity contribution in [2.24, 2.45) is 5.16 Å². The number of rotatable bonds is 7. The Balaban J connectivity index is 1.84. The van der Waals surface area contributed by atoms with Crippen LogP contribution in [0.15, 0.2) is 53.7 Å². The minimum Gasteiger partial charge on any atom is -0.550 e. The normalized spacial score (nSPS) is 17.6. The van der Waals surface area contributed by atoms with Gasteiger partial charge in [0.05, 0.1) is 5.71 Å². The highest BCUT2D eigenvalue weighted by Gasteiger charge is 2.47. The summed E-state index contributed by atoms with van der Waals surface area (Å²) in [4.78, 5) is 29.4. The van der Waals surface area contributed by atoms with E-state index in [1.165, 1.54) is 12.1 Å². The molecule has 0 aromatic heterocycles. The number of ether oxygens (including phenoxy) is 1. The topological polar surface area (TPSA) is 124 Å². The Hall–Kier alpha value is -3.93. The number of oxime groups is 1. The second-order valence-electron chi connectivity index (χ2n) is 6.25. The highest BCUT2D eigenvalue weighted by molar-refractivity contribution is 6.10. The van der Waals surface area contributed by atoms with Gasteiger partial charge >= 0.3 is 0 Å². The molecule has 1 aliphatic heterocycles. The van der Waals surface area contributed by atoms with Crippen LogP contribution < -0.4 is 15.2 Å². The fourth-order valence-corrected chi connectivity index (χ4v) is 2.87. The van der Waals surface area contributed by atoms with Crippen LogP contribution in [0.5, 0.6) is 5.75 Å². The molecule has 2 aromatic carbocycles. The van der Waals surface area contributed by atoms with Gasteiger partial charge in [0.15, 0.2) is 6.61 Å². The van der Waals surface area contributed by atoms with Crippen LogP contribution in [0.25, 0.3) is 0 Å². The third-order valence-corrected chi connectivity index (χ3v) is 4.22. The molecule has 148 valence electrons. The second-order valence-corrected chi connectivity index (χ2v) is 6.25. The molecule has 1 heterocycles. The number of hydrogen-bond donors (Lipinski definition) is 1. The number of carbonyl (C=O) groups excluding carboxylic acids is 2. The van der Waals surface area contributed by atoms with Crippen molar-refractivity contribution >= 4 is 23.3 Å². The minimum atomic E-state index is -1.84. The Morgan fingerprint density at radius 2 is 2.00 bits per heavy atom. The monoisotopic (exact) mass is 396 g/mol. The number of carbonyl (C=O) groups is 2. The summed E-state index contributed by atoms with van der Waals surface area (Å²) >= 11 is 0. The molecule has 29 heavy (non-hydrogen) atoms. The number of carboxylic acid groups (broad SMARTS) is 1. The molecule has 9 heteroatoms. The summed E-state index contributed by atoms with van der Waals surface area (Å²) in [6.07, 6.45) is -0.908. The molecular weight excluding hydrogens is 381 g/mol. The van der Waals surface area contributed by atoms with Gasteiger partial charge in [0, 0.05) is 30.1 Å². The zero-order valence-electron chi connectivity index (χ0n) is 15.1. The number of para-hydroxylation sites is 1. The van der Waals surface area contributed by atoms with Gasteiger partial charge in [-0.3, -0.25) is 4.79 Å². The summed E-state index contributed by atoms with van der Waals surface area (Å²) in [5.74, 6) is -2.39. The fraction of sp³-hybridized carbons (Fsp3) is 0.200. The number of nitrogens with zero attached hydrogens (tertiary/aromatic N) is 2. The average Bonchev–Trinajstić information content (AvgIpc) is 3.13. The lowest BCUT2D eigenvalue weighted by molar-refractivity contribution is -0.309. The Kier molecular flexibility index (Phi) is 5.74. The summed E-state index contributed by atoms with van der Waals surface area (Å²) < 4.78 is 18.4. The smallest absolute Gasteiger partial charge is 0.272 e. The first-order valence-electron chi connectivity index (χ1n) is 8.54. The van der Waals surface area contributed by atoms with Crippen molar-refractivity contribution in [3.63, 3.8) is 0 Å². The maximum atomic E-state index is 13.1. The third-order valence-electron chi connectivity index (χ3n) is 4.22. The van der Waals surface area contributed by atoms with Crippen LogP contribution in [-0.4, -0.2) is 29.8 Å². The van der Waals surface area contributed by atoms with Crippen molar-refractivity contribution in [3.05, 3.63) is 59.9 Å². The third kappa shape index (κ3) is 4.50. The predicted octanol–water partition coefficient (Wildman–Crippen LogP) is 1.37. The van der Waals surface area contributed by atoms with Crippen LogP contribution in [0.2, 0.25) is 0 Å². The fourth-order valence-electron chi connectivity index (χ4n) is 2.87. The van der Waals surface area contributed by atoms with Crippen LogP contribution in [0, 0.1) is 17.1 Å². The molecule has 0 bridgehead atoms. The van der Waals surface area contributed by atoms with E-state index in [1.54, 1.807) is 24.3 Å². The van der Waals surface area contributed by atoms with Crippen molar-refractivity contribution in [1.82, 2.24) is 0 Å². The quantitative estimate of drug-likeness (QED) is 0.754. The Bertz CT molecular complexity index is 1000. The molecule has 2 aromatic rings. The average molecular weight is 396 g/mol. The van der Waals surface area contributed by atoms with Crippen LogP contribution in [0.3, 0.4) is 0 Å². The zero-order chi connectivity index (χ0) is 20.9. The lowest BCUT2D eigenvalue weighted by Crippen LogP contribution is -2.47. The van der Waals surface area contributed by atoms with E-state index in [0.29, 0.717) is 11.3 Å². The Morgan fingerprint density at radius 3 is 2.69 bits per heavy atom. The summed E-state index contributed by atoms with van der Waals surface area (Å²) in [5.41, 5.74) is -0.819. The van der Waals surface area contributed by atoms with E-state index in [0.717, 1.165) is 12.1 Å². The number of benzene rings is 2. The van der Waals surface area contributed by atoms with Gasteiger partial charge < -0.3 is 24.8 Å². The molecule has 1 aliphatic rings. The maximum absolute atomic E-state index is 13.1. The number of aliphatic carboxylic acids is 1. The summed E-state index contributed by atoms with van der Waals surface area (Å²) in [6.45, 7) is -0.194. The molecule has 1 amide bonds. The van der Waals surface area contributed by atoms with Gasteiger partial charge in [-0.05, 0) is 36.4 Å². The Morgan fingerprint density at radius 1 is 1.28 bits per heavy atom. The number of amides is 1. The van der Waals surface area contributed by atoms with E-state index in [2.05, 4.69) is 10.5 Å². The number of nitriles is 1. The van der Waals surface area contributed by atoms with Gasteiger partial charge in [-0.15, -0.1) is 0 Å². The van der Waals surface area contributed by atoms with E-state index in [9.17, 15) is 19.1 Å². The molecule has 0 spiro atoms. The van der Waals surface area contributed by atoms with E-state index in [1.807, 2.05) is 6.07 Å². The van der Waals surface area contributed by atoms with Crippen molar-refractivity contribution in [2.45, 2.75) is 18.4 Å². The predicted molar refractivity (Wildman–Crippen MR) is 97.2 cm³/mol. The second kappa shape index (κ2) is 8.39. The van der Waals surface area contributed by atoms with Gasteiger partial charge in [0.25, 0.3) is 5.91 Å². The van der Waals surface area contributed by atoms with Crippen molar-refractivity contribution in [1.29, 1.82) is 5.26 Å². The van der Waals surface area contributed by atoms with Crippen molar-refractivity contribution in [2.75, 3.05) is 11.9 Å². The maximum Gasteiger partial charge on any atom is 0.272 e. The molecule has 0 saturated heterocycles. The van der Waals surface area contributed by atoms with Gasteiger partial charge in [0.2, 0.25) is 5.60 Å². The number of nitrogens with one attached hydrogen (secondary N) is 1. The van der Waals surface area contributed by atoms with E-state index in [-0.39, 0.29) is 24.4 Å². The summed E-state index contributed by atoms with van der Waals surface area (Å²) in [7, 11) is 0. The molecule has 0 fully saturated rings. The lowest BCUT2D eigenvalue weighted by atomic mass is 9.89. The molecule has 0 radical (unpaired) electrons. The summed E-state index contributed by atoms with van der Waals surface area (Å²) in [6, 6.07) is 13.5. The molecule has 8 nitrogen and oxygen atoms in total. The first-order valence-corrected chi connectivity index (χ1v) is 8.54. The van der Waals surface area contributed by atoms with Crippen LogP contribution in [0.1, 0.15) is 18.4 Å². The lowest BCUT2D eigenvalue weighted by Gasteiger charge is -2.25. The largest absolute Gasteiger partial charge is 0.550 e. The van der Waals surface area contributed by atoms with Crippen LogP contribution >= 0.6 is 0 Å². The molecule has 0 aliphatic carbocycles. The number of anilines is 1. The Labute approximate surface area is 165 Å². The first kappa shape index (κ1) is 19.8. The molecular formula is C20H15FN3O5-. The molecule has 0 saturated carbocycles. The first-order chi connectivity index (χ1) is 13.9. The van der Waals surface area contributed by atoms with Crippen LogP contribution in [0.4, 0.5) is 10.1 Å². The summed E-state index contributed by atoms with van der Waals surface area (Å²) in [5, 5.41) is 26.4. The zero-order valence-corrected chi connectivity index (χ0v) is 15.1. The molecule has 3 rings (SSSR count). The van der Waals surface area contributed by atoms with E-state index in [4.69, 9.17) is 14.8 Å². The number of hydrogen-bond acceptors (Lipinski definition) is 7. The number of halogens is 1. The van der Waals surface area contributed by atoms with Crippen molar-refractivity contribution in [3.8, 4) is 11.8 Å². The van der Waals surface area contributed by atoms with Gasteiger partial charge in [-0.25, -0.2) is 4.39 Å². The molecule has 1 N–H and O–H groups in total. The van der Waals surface area contributed by atoms with Gasteiger partial charge in [-0.2, -0.15) is 5.26 Å². The highest BCUT2D eigenvalue weighted by Crippen LogP contribution is 2.34. The van der Waals surface area contributed by atoms with Crippen LogP contribution in [-0.2, 0) is 14.4 Å². The van der Waals surface area contributed by atoms with Gasteiger partial charge in [-0.1, -0.05) is 17.3 Å².